The highest BCUT2D eigenvalue weighted by Crippen LogP contribution is 2.17. The molecule has 0 unspecified atom stereocenters. The van der Waals surface area contributed by atoms with E-state index in [0.29, 0.717) is 37.3 Å². The van der Waals surface area contributed by atoms with E-state index in [4.69, 9.17) is 0 Å². The Hall–Kier alpha value is -3.19. The van der Waals surface area contributed by atoms with Crippen LogP contribution < -0.4 is 15.5 Å². The minimum absolute atomic E-state index is 0.0467. The molecular formula is C22H22FN3O2S. The van der Waals surface area contributed by atoms with Crippen molar-refractivity contribution in [3.63, 3.8) is 0 Å². The Morgan fingerprint density at radius 1 is 0.966 bits per heavy atom. The van der Waals surface area contributed by atoms with Crippen LogP contribution in [0.5, 0.6) is 0 Å². The molecule has 0 saturated heterocycles. The monoisotopic (exact) mass is 411 g/mol. The molecule has 3 amide bonds. The number of rotatable bonds is 8. The fraction of sp³-hybridized carbons (Fsp3) is 0.182. The highest BCUT2D eigenvalue weighted by molar-refractivity contribution is 7.10. The van der Waals surface area contributed by atoms with E-state index in [2.05, 4.69) is 10.6 Å². The first-order chi connectivity index (χ1) is 14.1. The number of hydrogen-bond acceptors (Lipinski definition) is 3. The fourth-order valence-electron chi connectivity index (χ4n) is 2.78. The zero-order chi connectivity index (χ0) is 20.5. The van der Waals surface area contributed by atoms with Crippen molar-refractivity contribution in [2.24, 2.45) is 0 Å². The molecule has 0 fully saturated rings. The Kier molecular flexibility index (Phi) is 7.35. The van der Waals surface area contributed by atoms with Gasteiger partial charge in [0.2, 0.25) is 5.91 Å². The number of thiophene rings is 1. The van der Waals surface area contributed by atoms with E-state index >= 15 is 0 Å². The number of para-hydroxylation sites is 1. The molecule has 3 rings (SSSR count). The van der Waals surface area contributed by atoms with Crippen molar-refractivity contribution in [3.8, 4) is 0 Å². The van der Waals surface area contributed by atoms with Crippen LogP contribution in [0, 0.1) is 5.82 Å². The van der Waals surface area contributed by atoms with Gasteiger partial charge in [-0.05, 0) is 54.3 Å². The van der Waals surface area contributed by atoms with E-state index in [1.54, 1.807) is 35.6 Å². The summed E-state index contributed by atoms with van der Waals surface area (Å²) in [5.41, 5.74) is 1.26. The molecule has 0 saturated carbocycles. The van der Waals surface area contributed by atoms with Gasteiger partial charge in [0.25, 0.3) is 0 Å². The molecule has 2 N–H and O–H groups in total. The van der Waals surface area contributed by atoms with Gasteiger partial charge in [-0.1, -0.05) is 24.3 Å². The Bertz CT molecular complexity index is 915. The summed E-state index contributed by atoms with van der Waals surface area (Å²) < 4.78 is 13.3. The standard InChI is InChI=1S/C22H22FN3O2S/c23-17-9-11-19(12-10-17)26(22(28)25-18-6-2-1-3-7-18)14-5-13-24-21(27)16-20-8-4-15-29-20/h1-4,6-12,15H,5,13-14,16H2,(H,24,27)(H,25,28). The SMILES string of the molecule is O=C(Cc1cccs1)NCCCN(C(=O)Nc1ccccc1)c1ccc(F)cc1. The third kappa shape index (κ3) is 6.43. The van der Waals surface area contributed by atoms with Crippen molar-refractivity contribution in [2.75, 3.05) is 23.3 Å². The van der Waals surface area contributed by atoms with Crippen LogP contribution >= 0.6 is 11.3 Å². The molecule has 0 aliphatic rings. The normalized spacial score (nSPS) is 10.4. The van der Waals surface area contributed by atoms with Gasteiger partial charge in [0.15, 0.2) is 0 Å². The van der Waals surface area contributed by atoms with Gasteiger partial charge in [0, 0.05) is 29.3 Å². The lowest BCUT2D eigenvalue weighted by molar-refractivity contribution is -0.120. The molecule has 5 nitrogen and oxygen atoms in total. The van der Waals surface area contributed by atoms with Crippen LogP contribution in [0.25, 0.3) is 0 Å². The van der Waals surface area contributed by atoms with E-state index in [1.165, 1.54) is 17.0 Å². The lowest BCUT2D eigenvalue weighted by Crippen LogP contribution is -2.37. The van der Waals surface area contributed by atoms with E-state index in [0.717, 1.165) is 4.88 Å². The first-order valence-corrected chi connectivity index (χ1v) is 10.2. The summed E-state index contributed by atoms with van der Waals surface area (Å²) in [5.74, 6) is -0.410. The number of carbonyl (C=O) groups is 2. The van der Waals surface area contributed by atoms with Crippen molar-refractivity contribution >= 4 is 34.6 Å². The summed E-state index contributed by atoms with van der Waals surface area (Å²) in [6.07, 6.45) is 0.920. The third-order valence-electron chi connectivity index (χ3n) is 4.20. The smallest absolute Gasteiger partial charge is 0.326 e. The number of urea groups is 1. The molecule has 29 heavy (non-hydrogen) atoms. The largest absolute Gasteiger partial charge is 0.356 e. The molecule has 0 spiro atoms. The van der Waals surface area contributed by atoms with E-state index < -0.39 is 0 Å². The lowest BCUT2D eigenvalue weighted by Gasteiger charge is -2.23. The molecule has 0 radical (unpaired) electrons. The predicted molar refractivity (Wildman–Crippen MR) is 115 cm³/mol. The van der Waals surface area contributed by atoms with Gasteiger partial charge in [0.05, 0.1) is 6.42 Å². The summed E-state index contributed by atoms with van der Waals surface area (Å²) in [6, 6.07) is 18.4. The Morgan fingerprint density at radius 3 is 2.41 bits per heavy atom. The Balaban J connectivity index is 1.57. The van der Waals surface area contributed by atoms with Crippen molar-refractivity contribution in [1.82, 2.24) is 5.32 Å². The topological polar surface area (TPSA) is 61.4 Å². The second-order valence-corrected chi connectivity index (χ2v) is 7.42. The lowest BCUT2D eigenvalue weighted by atomic mass is 10.2. The summed E-state index contributed by atoms with van der Waals surface area (Å²) in [7, 11) is 0. The summed E-state index contributed by atoms with van der Waals surface area (Å²) in [6.45, 7) is 0.824. The number of benzene rings is 2. The summed E-state index contributed by atoms with van der Waals surface area (Å²) in [4.78, 5) is 27.3. The van der Waals surface area contributed by atoms with Gasteiger partial charge in [-0.15, -0.1) is 11.3 Å². The zero-order valence-electron chi connectivity index (χ0n) is 15.8. The van der Waals surface area contributed by atoms with E-state index in [-0.39, 0.29) is 17.8 Å². The Labute approximate surface area is 173 Å². The number of anilines is 2. The first kappa shape index (κ1) is 20.5. The number of halogens is 1. The summed E-state index contributed by atoms with van der Waals surface area (Å²) in [5, 5.41) is 7.66. The quantitative estimate of drug-likeness (QED) is 0.529. The average molecular weight is 412 g/mol. The molecule has 1 heterocycles. The molecule has 0 aliphatic heterocycles. The molecular weight excluding hydrogens is 389 g/mol. The third-order valence-corrected chi connectivity index (χ3v) is 5.08. The van der Waals surface area contributed by atoms with Crippen LogP contribution in [0.2, 0.25) is 0 Å². The van der Waals surface area contributed by atoms with Gasteiger partial charge in [-0.25, -0.2) is 9.18 Å². The van der Waals surface area contributed by atoms with E-state index in [1.807, 2.05) is 35.7 Å². The maximum absolute atomic E-state index is 13.3. The highest BCUT2D eigenvalue weighted by atomic mass is 32.1. The average Bonchev–Trinajstić information content (AvgIpc) is 3.22. The zero-order valence-corrected chi connectivity index (χ0v) is 16.6. The van der Waals surface area contributed by atoms with Gasteiger partial charge in [-0.2, -0.15) is 0 Å². The van der Waals surface area contributed by atoms with E-state index in [9.17, 15) is 14.0 Å². The molecule has 2 aromatic carbocycles. The molecule has 1 aromatic heterocycles. The number of nitrogens with one attached hydrogen (secondary N) is 2. The maximum atomic E-state index is 13.3. The first-order valence-electron chi connectivity index (χ1n) is 9.30. The Morgan fingerprint density at radius 2 is 1.72 bits per heavy atom. The van der Waals surface area contributed by atoms with Gasteiger partial charge in [0.1, 0.15) is 5.82 Å². The fourth-order valence-corrected chi connectivity index (χ4v) is 3.48. The minimum Gasteiger partial charge on any atom is -0.356 e. The van der Waals surface area contributed by atoms with Crippen LogP contribution in [0.3, 0.4) is 0 Å². The number of amides is 3. The van der Waals surface area contributed by atoms with Crippen molar-refractivity contribution in [3.05, 3.63) is 82.8 Å². The molecule has 3 aromatic rings. The van der Waals surface area contributed by atoms with Gasteiger partial charge in [-0.3, -0.25) is 9.69 Å². The van der Waals surface area contributed by atoms with Crippen LogP contribution in [-0.4, -0.2) is 25.0 Å². The molecule has 0 atom stereocenters. The highest BCUT2D eigenvalue weighted by Gasteiger charge is 2.16. The van der Waals surface area contributed by atoms with Crippen LogP contribution in [0.4, 0.5) is 20.6 Å². The van der Waals surface area contributed by atoms with Crippen molar-refractivity contribution < 1.29 is 14.0 Å². The predicted octanol–water partition coefficient (Wildman–Crippen LogP) is 4.67. The minimum atomic E-state index is -0.363. The van der Waals surface area contributed by atoms with Crippen molar-refractivity contribution in [1.29, 1.82) is 0 Å². The molecule has 7 heteroatoms. The van der Waals surface area contributed by atoms with Crippen molar-refractivity contribution in [2.45, 2.75) is 12.8 Å². The van der Waals surface area contributed by atoms with Crippen LogP contribution in [-0.2, 0) is 11.2 Å². The molecule has 150 valence electrons. The summed E-state index contributed by atoms with van der Waals surface area (Å²) >= 11 is 1.55. The van der Waals surface area contributed by atoms with Crippen LogP contribution in [0.15, 0.2) is 72.1 Å². The number of hydrogen-bond donors (Lipinski definition) is 2. The number of nitrogens with zero attached hydrogens (tertiary/aromatic N) is 1. The number of carbonyl (C=O) groups excluding carboxylic acids is 2. The molecule has 0 aliphatic carbocycles. The second kappa shape index (κ2) is 10.4. The van der Waals surface area contributed by atoms with Gasteiger partial charge < -0.3 is 10.6 Å². The molecule has 0 bridgehead atoms. The van der Waals surface area contributed by atoms with Gasteiger partial charge >= 0.3 is 6.03 Å². The van der Waals surface area contributed by atoms with Crippen LogP contribution in [0.1, 0.15) is 11.3 Å². The maximum Gasteiger partial charge on any atom is 0.326 e. The second-order valence-electron chi connectivity index (χ2n) is 6.38.